The molecular weight excluding hydrogens is 88.1 g/mol. The second kappa shape index (κ2) is 1.78. The van der Waals surface area contributed by atoms with E-state index in [9.17, 15) is 0 Å². The Hall–Kier alpha value is 0.217. The van der Waals surface area contributed by atoms with Gasteiger partial charge in [0.25, 0.3) is 0 Å². The summed E-state index contributed by atoms with van der Waals surface area (Å²) in [6.07, 6.45) is 1.55. The van der Waals surface area contributed by atoms with Gasteiger partial charge in [-0.2, -0.15) is 0 Å². The van der Waals surface area contributed by atoms with Gasteiger partial charge in [-0.25, -0.2) is 0 Å². The van der Waals surface area contributed by atoms with Crippen LogP contribution in [0.5, 0.6) is 0 Å². The summed E-state index contributed by atoms with van der Waals surface area (Å²) < 4.78 is 0. The molecule has 1 aliphatic heterocycles. The number of hydrogen-bond donors (Lipinski definition) is 0. The fourth-order valence-corrected chi connectivity index (χ4v) is 3.39. The van der Waals surface area contributed by atoms with Crippen molar-refractivity contribution in [1.29, 1.82) is 0 Å². The summed E-state index contributed by atoms with van der Waals surface area (Å²) in [4.78, 5) is 0. The van der Waals surface area contributed by atoms with E-state index in [0.29, 0.717) is 9.52 Å². The molecule has 0 aliphatic carbocycles. The maximum Gasteiger partial charge on any atom is 0.0200 e. The third kappa shape index (κ3) is 0.838. The Morgan fingerprint density at radius 2 is 2.50 bits per heavy atom. The maximum atomic E-state index is 2.38. The second-order valence-electron chi connectivity index (χ2n) is 2.39. The van der Waals surface area contributed by atoms with Crippen LogP contribution in [0.15, 0.2) is 0 Å². The van der Waals surface area contributed by atoms with Crippen LogP contribution in [0.2, 0.25) is 12.1 Å². The van der Waals surface area contributed by atoms with Crippen molar-refractivity contribution in [2.45, 2.75) is 25.4 Å². The van der Waals surface area contributed by atoms with Crippen molar-refractivity contribution in [2.75, 3.05) is 0 Å². The smallest absolute Gasteiger partial charge is 0.0200 e. The van der Waals surface area contributed by atoms with Crippen molar-refractivity contribution in [1.82, 2.24) is 0 Å². The molecule has 0 nitrogen and oxygen atoms in total. The number of rotatable bonds is 0. The largest absolute Gasteiger partial charge is 0.0628 e. The minimum Gasteiger partial charge on any atom is -0.0628 e. The molecule has 0 radical (unpaired) electrons. The van der Waals surface area contributed by atoms with Gasteiger partial charge in [-0.3, -0.25) is 0 Å². The molecule has 6 heavy (non-hydrogen) atoms. The molecule has 0 aromatic heterocycles. The lowest BCUT2D eigenvalue weighted by Crippen LogP contribution is -1.80. The first-order valence-electron chi connectivity index (χ1n) is 2.89. The topological polar surface area (TPSA) is 0 Å². The van der Waals surface area contributed by atoms with Gasteiger partial charge in [-0.1, -0.05) is 25.4 Å². The van der Waals surface area contributed by atoms with Crippen LogP contribution in [-0.4, -0.2) is 9.52 Å². The van der Waals surface area contributed by atoms with Crippen LogP contribution < -0.4 is 0 Å². The normalized spacial score (nSPS) is 38.5. The van der Waals surface area contributed by atoms with E-state index >= 15 is 0 Å². The molecule has 0 aromatic rings. The molecule has 0 unspecified atom stereocenters. The highest BCUT2D eigenvalue weighted by Gasteiger charge is 2.07. The van der Waals surface area contributed by atoms with Gasteiger partial charge in [0, 0.05) is 9.52 Å². The van der Waals surface area contributed by atoms with Crippen molar-refractivity contribution in [3.8, 4) is 0 Å². The van der Waals surface area contributed by atoms with E-state index in [1.807, 2.05) is 0 Å². The van der Waals surface area contributed by atoms with E-state index in [4.69, 9.17) is 0 Å². The summed E-state index contributed by atoms with van der Waals surface area (Å²) in [6, 6.07) is 3.25. The van der Waals surface area contributed by atoms with Gasteiger partial charge in [0.2, 0.25) is 0 Å². The second-order valence-corrected chi connectivity index (χ2v) is 4.38. The predicted octanol–water partition coefficient (Wildman–Crippen LogP) is 1.03. The Morgan fingerprint density at radius 3 is 2.67 bits per heavy atom. The van der Waals surface area contributed by atoms with Crippen molar-refractivity contribution in [3.63, 3.8) is 0 Å². The molecule has 0 aromatic carbocycles. The van der Waals surface area contributed by atoms with E-state index in [-0.39, 0.29) is 0 Å². The maximum absolute atomic E-state index is 2.38. The summed E-state index contributed by atoms with van der Waals surface area (Å²) in [6.45, 7) is 2.38. The molecule has 0 saturated carbocycles. The predicted molar refractivity (Wildman–Crippen MR) is 31.9 cm³/mol. The Labute approximate surface area is 41.8 Å². The first-order chi connectivity index (χ1) is 2.89. The fraction of sp³-hybridized carbons (Fsp3) is 1.00. The molecule has 0 amide bonds. The van der Waals surface area contributed by atoms with Gasteiger partial charge in [-0.15, -0.1) is 0 Å². The van der Waals surface area contributed by atoms with Gasteiger partial charge in [-0.05, 0) is 5.92 Å². The monoisotopic (exact) mass is 100 g/mol. The first-order valence-corrected chi connectivity index (χ1v) is 4.89. The van der Waals surface area contributed by atoms with Crippen LogP contribution in [0.1, 0.15) is 13.3 Å². The fourth-order valence-electron chi connectivity index (χ4n) is 1.13. The molecule has 36 valence electrons. The van der Waals surface area contributed by atoms with E-state index in [0.717, 1.165) is 5.92 Å². The lowest BCUT2D eigenvalue weighted by atomic mass is 10.2. The van der Waals surface area contributed by atoms with Gasteiger partial charge in [0.15, 0.2) is 0 Å². The average molecular weight is 100 g/mol. The Balaban J connectivity index is 2.18. The van der Waals surface area contributed by atoms with Crippen molar-refractivity contribution in [3.05, 3.63) is 0 Å². The van der Waals surface area contributed by atoms with Gasteiger partial charge >= 0.3 is 0 Å². The van der Waals surface area contributed by atoms with E-state index in [1.54, 1.807) is 18.5 Å². The highest BCUT2D eigenvalue weighted by molar-refractivity contribution is 6.36. The molecule has 1 saturated heterocycles. The summed E-state index contributed by atoms with van der Waals surface area (Å²) in [5, 5.41) is 0. The summed E-state index contributed by atoms with van der Waals surface area (Å²) in [5.74, 6) is 1.11. The van der Waals surface area contributed by atoms with Crippen molar-refractivity contribution >= 4 is 9.52 Å². The van der Waals surface area contributed by atoms with Crippen LogP contribution in [0.3, 0.4) is 0 Å². The van der Waals surface area contributed by atoms with Gasteiger partial charge in [0.1, 0.15) is 0 Å². The van der Waals surface area contributed by atoms with Crippen LogP contribution in [0.25, 0.3) is 0 Å². The minimum atomic E-state index is 0.496. The third-order valence-electron chi connectivity index (χ3n) is 1.64. The minimum absolute atomic E-state index is 0.496. The molecule has 1 heteroatoms. The van der Waals surface area contributed by atoms with E-state index in [1.165, 1.54) is 0 Å². The molecule has 0 spiro atoms. The molecule has 1 heterocycles. The summed E-state index contributed by atoms with van der Waals surface area (Å²) >= 11 is 0. The molecule has 0 bridgehead atoms. The zero-order valence-corrected chi connectivity index (χ0v) is 5.82. The summed E-state index contributed by atoms with van der Waals surface area (Å²) in [5.41, 5.74) is 0. The Morgan fingerprint density at radius 1 is 1.67 bits per heavy atom. The zero-order valence-electron chi connectivity index (χ0n) is 4.41. The van der Waals surface area contributed by atoms with Crippen molar-refractivity contribution in [2.24, 2.45) is 5.92 Å². The first kappa shape index (κ1) is 4.38. The standard InChI is InChI=1S/C5H12Si/c1-5-2-3-6-4-5/h5H,2-4,6H2,1H3/t5-/m0/s1. The number of hydrogen-bond acceptors (Lipinski definition) is 0. The van der Waals surface area contributed by atoms with Crippen LogP contribution in [-0.2, 0) is 0 Å². The van der Waals surface area contributed by atoms with Gasteiger partial charge in [0.05, 0.1) is 0 Å². The SMILES string of the molecule is C[C@H]1CC[SiH2]C1. The molecule has 0 N–H and O–H groups in total. The lowest BCUT2D eigenvalue weighted by molar-refractivity contribution is 0.658. The highest BCUT2D eigenvalue weighted by atomic mass is 28.2. The Bertz CT molecular complexity index is 37.2. The molecule has 1 fully saturated rings. The quantitative estimate of drug-likeness (QED) is 0.399. The van der Waals surface area contributed by atoms with Crippen LogP contribution >= 0.6 is 0 Å². The molecule has 1 atom stereocenters. The molecular formula is C5H12Si. The zero-order chi connectivity index (χ0) is 4.41. The van der Waals surface area contributed by atoms with E-state index < -0.39 is 0 Å². The molecule has 1 rings (SSSR count). The van der Waals surface area contributed by atoms with Crippen molar-refractivity contribution < 1.29 is 0 Å². The summed E-state index contributed by atoms with van der Waals surface area (Å²) in [7, 11) is 0.496. The van der Waals surface area contributed by atoms with Crippen LogP contribution in [0.4, 0.5) is 0 Å². The highest BCUT2D eigenvalue weighted by Crippen LogP contribution is 2.18. The van der Waals surface area contributed by atoms with E-state index in [2.05, 4.69) is 6.92 Å². The Kier molecular flexibility index (Phi) is 1.30. The van der Waals surface area contributed by atoms with Crippen LogP contribution in [0, 0.1) is 5.92 Å². The molecule has 1 aliphatic rings. The lowest BCUT2D eigenvalue weighted by Gasteiger charge is -1.91. The average Bonchev–Trinajstić information content (AvgIpc) is 1.86. The van der Waals surface area contributed by atoms with Gasteiger partial charge < -0.3 is 0 Å². The third-order valence-corrected chi connectivity index (χ3v) is 3.95.